The smallest absolute Gasteiger partial charge is 0.102 e. The molecule has 0 unspecified atom stereocenters. The average molecular weight is 172 g/mol. The second kappa shape index (κ2) is 4.32. The van der Waals surface area contributed by atoms with Crippen LogP contribution in [-0.2, 0) is 0 Å². The van der Waals surface area contributed by atoms with Crippen molar-refractivity contribution < 1.29 is 0 Å². The molecule has 13 heavy (non-hydrogen) atoms. The lowest BCUT2D eigenvalue weighted by Crippen LogP contribution is -1.99. The highest BCUT2D eigenvalue weighted by Crippen LogP contribution is 2.16. The van der Waals surface area contributed by atoms with Crippen molar-refractivity contribution in [2.45, 2.75) is 13.3 Å². The highest BCUT2D eigenvalue weighted by atomic mass is 14.6. The monoisotopic (exact) mass is 172 g/mol. The van der Waals surface area contributed by atoms with Crippen LogP contribution >= 0.6 is 0 Å². The van der Waals surface area contributed by atoms with E-state index in [-0.39, 0.29) is 0 Å². The molecule has 0 saturated carbocycles. The van der Waals surface area contributed by atoms with Crippen LogP contribution in [0.3, 0.4) is 0 Å². The maximum Gasteiger partial charge on any atom is 0.102 e. The van der Waals surface area contributed by atoms with E-state index in [0.29, 0.717) is 17.7 Å². The highest BCUT2D eigenvalue weighted by Gasteiger charge is 2.02. The minimum Gasteiger partial charge on any atom is -0.401 e. The molecule has 0 aliphatic carbocycles. The second-order valence-corrected chi connectivity index (χ2v) is 2.73. The Balaban J connectivity index is 3.15. The molecule has 1 aromatic rings. The van der Waals surface area contributed by atoms with E-state index in [1.54, 1.807) is 0 Å². The predicted octanol–water partition coefficient (Wildman–Crippen LogP) is 2.29. The van der Waals surface area contributed by atoms with Crippen molar-refractivity contribution in [2.24, 2.45) is 5.73 Å². The van der Waals surface area contributed by atoms with Crippen LogP contribution in [0.5, 0.6) is 0 Å². The number of nitrogens with two attached hydrogens (primary N) is 1. The van der Waals surface area contributed by atoms with Gasteiger partial charge in [-0.15, -0.1) is 0 Å². The first kappa shape index (κ1) is 9.34. The fraction of sp³-hybridized carbons (Fsp3) is 0.182. The van der Waals surface area contributed by atoms with Crippen molar-refractivity contribution >= 4 is 5.57 Å². The summed E-state index contributed by atoms with van der Waals surface area (Å²) in [4.78, 5) is 0. The van der Waals surface area contributed by atoms with Gasteiger partial charge in [0.2, 0.25) is 0 Å². The molecule has 66 valence electrons. The van der Waals surface area contributed by atoms with Crippen molar-refractivity contribution in [1.82, 2.24) is 0 Å². The van der Waals surface area contributed by atoms with Gasteiger partial charge in [0.15, 0.2) is 0 Å². The Kier molecular flexibility index (Phi) is 3.10. The normalized spacial score (nSPS) is 11.7. The molecule has 0 bridgehead atoms. The van der Waals surface area contributed by atoms with Crippen LogP contribution in [0, 0.1) is 11.3 Å². The predicted molar refractivity (Wildman–Crippen MR) is 53.5 cm³/mol. The molecule has 0 saturated heterocycles. The lowest BCUT2D eigenvalue weighted by atomic mass is 10.0. The molecule has 0 aromatic heterocycles. The zero-order chi connectivity index (χ0) is 9.68. The molecule has 0 radical (unpaired) electrons. The number of nitrogens with zero attached hydrogens (tertiary/aromatic N) is 1. The summed E-state index contributed by atoms with van der Waals surface area (Å²) in [5.41, 5.74) is 7.84. The number of rotatable bonds is 2. The van der Waals surface area contributed by atoms with E-state index in [1.807, 2.05) is 37.3 Å². The zero-order valence-corrected chi connectivity index (χ0v) is 7.62. The third-order valence-corrected chi connectivity index (χ3v) is 1.88. The van der Waals surface area contributed by atoms with E-state index in [1.165, 1.54) is 0 Å². The van der Waals surface area contributed by atoms with Gasteiger partial charge < -0.3 is 5.73 Å². The van der Waals surface area contributed by atoms with E-state index < -0.39 is 0 Å². The van der Waals surface area contributed by atoms with Gasteiger partial charge in [0.05, 0.1) is 5.57 Å². The first-order valence-corrected chi connectivity index (χ1v) is 4.23. The van der Waals surface area contributed by atoms with Gasteiger partial charge in [-0.1, -0.05) is 37.3 Å². The van der Waals surface area contributed by atoms with E-state index in [4.69, 9.17) is 11.0 Å². The van der Waals surface area contributed by atoms with Gasteiger partial charge in [-0.05, 0) is 12.0 Å². The third-order valence-electron chi connectivity index (χ3n) is 1.88. The van der Waals surface area contributed by atoms with Crippen LogP contribution in [0.4, 0.5) is 0 Å². The number of hydrogen-bond acceptors (Lipinski definition) is 2. The van der Waals surface area contributed by atoms with Crippen molar-refractivity contribution in [2.75, 3.05) is 0 Å². The molecule has 0 aliphatic heterocycles. The van der Waals surface area contributed by atoms with Crippen LogP contribution in [0.1, 0.15) is 18.9 Å². The Morgan fingerprint density at radius 2 is 2.00 bits per heavy atom. The van der Waals surface area contributed by atoms with Gasteiger partial charge in [0.25, 0.3) is 0 Å². The Morgan fingerprint density at radius 3 is 2.46 bits per heavy atom. The maximum absolute atomic E-state index is 8.89. The summed E-state index contributed by atoms with van der Waals surface area (Å²) in [7, 11) is 0. The molecular weight excluding hydrogens is 160 g/mol. The summed E-state index contributed by atoms with van der Waals surface area (Å²) in [5, 5.41) is 8.89. The summed E-state index contributed by atoms with van der Waals surface area (Å²) in [6, 6.07) is 11.6. The van der Waals surface area contributed by atoms with Gasteiger partial charge in [-0.25, -0.2) is 0 Å². The van der Waals surface area contributed by atoms with E-state index in [2.05, 4.69) is 6.07 Å². The SMILES string of the molecule is CC/C(N)=C(/C#N)c1ccccc1. The van der Waals surface area contributed by atoms with Gasteiger partial charge in [0, 0.05) is 5.70 Å². The van der Waals surface area contributed by atoms with Crippen LogP contribution in [0.15, 0.2) is 36.0 Å². The molecule has 0 amide bonds. The molecule has 2 heteroatoms. The topological polar surface area (TPSA) is 49.8 Å². The fourth-order valence-corrected chi connectivity index (χ4v) is 1.10. The molecule has 0 heterocycles. The Bertz CT molecular complexity index is 344. The van der Waals surface area contributed by atoms with Gasteiger partial charge in [-0.2, -0.15) is 5.26 Å². The maximum atomic E-state index is 8.89. The Morgan fingerprint density at radius 1 is 1.38 bits per heavy atom. The van der Waals surface area contributed by atoms with Crippen molar-refractivity contribution in [3.05, 3.63) is 41.6 Å². The van der Waals surface area contributed by atoms with E-state index >= 15 is 0 Å². The van der Waals surface area contributed by atoms with E-state index in [0.717, 1.165) is 5.56 Å². The van der Waals surface area contributed by atoms with Crippen molar-refractivity contribution in [1.29, 1.82) is 5.26 Å². The molecule has 1 aromatic carbocycles. The number of hydrogen-bond donors (Lipinski definition) is 1. The summed E-state index contributed by atoms with van der Waals surface area (Å²) in [6.45, 7) is 1.94. The highest BCUT2D eigenvalue weighted by molar-refractivity contribution is 5.78. The molecule has 0 spiro atoms. The van der Waals surface area contributed by atoms with Gasteiger partial charge in [-0.3, -0.25) is 0 Å². The molecule has 2 nitrogen and oxygen atoms in total. The fourth-order valence-electron chi connectivity index (χ4n) is 1.10. The average Bonchev–Trinajstić information content (AvgIpc) is 2.20. The summed E-state index contributed by atoms with van der Waals surface area (Å²) >= 11 is 0. The van der Waals surface area contributed by atoms with Crippen LogP contribution in [-0.4, -0.2) is 0 Å². The van der Waals surface area contributed by atoms with Crippen LogP contribution in [0.25, 0.3) is 5.57 Å². The molecule has 0 aliphatic rings. The molecule has 0 fully saturated rings. The summed E-state index contributed by atoms with van der Waals surface area (Å²) < 4.78 is 0. The number of benzene rings is 1. The van der Waals surface area contributed by atoms with Gasteiger partial charge in [0.1, 0.15) is 6.07 Å². The Hall–Kier alpha value is -1.75. The Labute approximate surface area is 78.3 Å². The minimum absolute atomic E-state index is 0.586. The quantitative estimate of drug-likeness (QED) is 0.696. The second-order valence-electron chi connectivity index (χ2n) is 2.73. The van der Waals surface area contributed by atoms with Gasteiger partial charge >= 0.3 is 0 Å². The summed E-state index contributed by atoms with van der Waals surface area (Å²) in [6.07, 6.45) is 0.706. The molecule has 2 N–H and O–H groups in total. The van der Waals surface area contributed by atoms with Crippen molar-refractivity contribution in [3.8, 4) is 6.07 Å². The first-order valence-electron chi connectivity index (χ1n) is 4.23. The summed E-state index contributed by atoms with van der Waals surface area (Å²) in [5.74, 6) is 0. The first-order chi connectivity index (χ1) is 6.29. The number of allylic oxidation sites excluding steroid dienone is 2. The largest absolute Gasteiger partial charge is 0.401 e. The zero-order valence-electron chi connectivity index (χ0n) is 7.62. The van der Waals surface area contributed by atoms with Crippen LogP contribution in [0.2, 0.25) is 0 Å². The lowest BCUT2D eigenvalue weighted by Gasteiger charge is -2.02. The number of nitriles is 1. The standard InChI is InChI=1S/C11H12N2/c1-2-11(13)10(8-12)9-6-4-3-5-7-9/h3-7H,2,13H2,1H3/b11-10+. The van der Waals surface area contributed by atoms with Crippen molar-refractivity contribution in [3.63, 3.8) is 0 Å². The van der Waals surface area contributed by atoms with E-state index in [9.17, 15) is 0 Å². The molecule has 0 atom stereocenters. The third kappa shape index (κ3) is 2.09. The minimum atomic E-state index is 0.586. The molecular formula is C11H12N2. The van der Waals surface area contributed by atoms with Crippen LogP contribution < -0.4 is 5.73 Å². The lowest BCUT2D eigenvalue weighted by molar-refractivity contribution is 1.07. The molecule has 1 rings (SSSR count).